The van der Waals surface area contributed by atoms with Crippen LogP contribution in [-0.4, -0.2) is 35.0 Å². The first-order chi connectivity index (χ1) is 11.8. The van der Waals surface area contributed by atoms with Gasteiger partial charge in [0.1, 0.15) is 0 Å². The second-order valence-electron chi connectivity index (χ2n) is 8.15. The SMILES string of the molecule is CC(C)(C)c1ccc(CCCCC(=O)N2CCC(C(=O)O)CC2)cc1. The lowest BCUT2D eigenvalue weighted by atomic mass is 9.86. The number of carboxylic acids is 1. The number of benzene rings is 1. The van der Waals surface area contributed by atoms with Crippen LogP contribution in [0.25, 0.3) is 0 Å². The second kappa shape index (κ2) is 8.50. The first-order valence-electron chi connectivity index (χ1n) is 9.37. The highest BCUT2D eigenvalue weighted by atomic mass is 16.4. The maximum atomic E-state index is 12.2. The van der Waals surface area contributed by atoms with Gasteiger partial charge in [0.05, 0.1) is 5.92 Å². The quantitative estimate of drug-likeness (QED) is 0.792. The van der Waals surface area contributed by atoms with Gasteiger partial charge in [0.15, 0.2) is 0 Å². The summed E-state index contributed by atoms with van der Waals surface area (Å²) < 4.78 is 0. The number of nitrogens with zero attached hydrogens (tertiary/aromatic N) is 1. The third-order valence-corrected chi connectivity index (χ3v) is 5.12. The Kier molecular flexibility index (Phi) is 6.63. The normalized spacial score (nSPS) is 16.0. The molecule has 0 bridgehead atoms. The number of unbranched alkanes of at least 4 members (excludes halogenated alkanes) is 1. The predicted octanol–water partition coefficient (Wildman–Crippen LogP) is 4.02. The minimum Gasteiger partial charge on any atom is -0.481 e. The molecule has 0 atom stereocenters. The average molecular weight is 345 g/mol. The smallest absolute Gasteiger partial charge is 0.306 e. The molecule has 0 saturated carbocycles. The summed E-state index contributed by atoms with van der Waals surface area (Å²) in [4.78, 5) is 25.0. The van der Waals surface area contributed by atoms with E-state index in [0.29, 0.717) is 32.4 Å². The number of piperidine rings is 1. The van der Waals surface area contributed by atoms with Crippen molar-refractivity contribution < 1.29 is 14.7 Å². The second-order valence-corrected chi connectivity index (χ2v) is 8.15. The Bertz CT molecular complexity index is 578. The van der Waals surface area contributed by atoms with Crippen LogP contribution < -0.4 is 0 Å². The van der Waals surface area contributed by atoms with Crippen molar-refractivity contribution in [3.63, 3.8) is 0 Å². The lowest BCUT2D eigenvalue weighted by Gasteiger charge is -2.30. The van der Waals surface area contributed by atoms with Crippen LogP contribution >= 0.6 is 0 Å². The van der Waals surface area contributed by atoms with Crippen LogP contribution in [0.2, 0.25) is 0 Å². The average Bonchev–Trinajstić information content (AvgIpc) is 2.58. The number of carboxylic acid groups (broad SMARTS) is 1. The van der Waals surface area contributed by atoms with E-state index >= 15 is 0 Å². The first kappa shape index (κ1) is 19.5. The molecule has 2 rings (SSSR count). The number of hydrogen-bond acceptors (Lipinski definition) is 2. The Labute approximate surface area is 151 Å². The number of aliphatic carboxylic acids is 1. The Balaban J connectivity index is 1.67. The number of carbonyl (C=O) groups is 2. The molecule has 0 aromatic heterocycles. The van der Waals surface area contributed by atoms with Crippen LogP contribution in [0.4, 0.5) is 0 Å². The molecule has 0 radical (unpaired) electrons. The highest BCUT2D eigenvalue weighted by Crippen LogP contribution is 2.23. The molecular formula is C21H31NO3. The lowest BCUT2D eigenvalue weighted by molar-refractivity contribution is -0.145. The van der Waals surface area contributed by atoms with Gasteiger partial charge in [-0.05, 0) is 48.6 Å². The van der Waals surface area contributed by atoms with Crippen LogP contribution in [0.3, 0.4) is 0 Å². The van der Waals surface area contributed by atoms with Crippen LogP contribution in [0.5, 0.6) is 0 Å². The molecule has 1 fully saturated rings. The van der Waals surface area contributed by atoms with Gasteiger partial charge in [-0.2, -0.15) is 0 Å². The number of rotatable bonds is 6. The minimum atomic E-state index is -0.732. The van der Waals surface area contributed by atoms with Gasteiger partial charge in [0.25, 0.3) is 0 Å². The molecule has 138 valence electrons. The molecule has 4 heteroatoms. The van der Waals surface area contributed by atoms with Crippen molar-refractivity contribution in [3.8, 4) is 0 Å². The maximum Gasteiger partial charge on any atom is 0.306 e. The van der Waals surface area contributed by atoms with Crippen molar-refractivity contribution >= 4 is 11.9 Å². The number of aryl methyl sites for hydroxylation is 1. The molecule has 1 saturated heterocycles. The Morgan fingerprint density at radius 1 is 1.08 bits per heavy atom. The van der Waals surface area contributed by atoms with E-state index in [2.05, 4.69) is 45.0 Å². The van der Waals surface area contributed by atoms with Gasteiger partial charge >= 0.3 is 5.97 Å². The van der Waals surface area contributed by atoms with Gasteiger partial charge in [-0.1, -0.05) is 45.0 Å². The summed E-state index contributed by atoms with van der Waals surface area (Å²) in [5.74, 6) is -0.836. The van der Waals surface area contributed by atoms with E-state index < -0.39 is 5.97 Å². The Morgan fingerprint density at radius 2 is 1.68 bits per heavy atom. The molecule has 1 aromatic carbocycles. The summed E-state index contributed by atoms with van der Waals surface area (Å²) in [6, 6.07) is 8.79. The van der Waals surface area contributed by atoms with Gasteiger partial charge in [0.2, 0.25) is 5.91 Å². The van der Waals surface area contributed by atoms with Gasteiger partial charge in [-0.25, -0.2) is 0 Å². The molecule has 1 N–H and O–H groups in total. The third-order valence-electron chi connectivity index (χ3n) is 5.12. The van der Waals surface area contributed by atoms with Gasteiger partial charge in [0, 0.05) is 19.5 Å². The monoisotopic (exact) mass is 345 g/mol. The zero-order valence-corrected chi connectivity index (χ0v) is 15.8. The van der Waals surface area contributed by atoms with Crippen molar-refractivity contribution in [2.45, 2.75) is 64.7 Å². The largest absolute Gasteiger partial charge is 0.481 e. The first-order valence-corrected chi connectivity index (χ1v) is 9.37. The fraction of sp³-hybridized carbons (Fsp3) is 0.619. The molecule has 1 heterocycles. The summed E-state index contributed by atoms with van der Waals surface area (Å²) in [7, 11) is 0. The van der Waals surface area contributed by atoms with Crippen molar-refractivity contribution in [2.75, 3.05) is 13.1 Å². The molecule has 1 aromatic rings. The molecule has 1 aliphatic rings. The van der Waals surface area contributed by atoms with Crippen molar-refractivity contribution in [1.29, 1.82) is 0 Å². The Morgan fingerprint density at radius 3 is 2.20 bits per heavy atom. The predicted molar refractivity (Wildman–Crippen MR) is 99.6 cm³/mol. The molecule has 1 aliphatic heterocycles. The van der Waals surface area contributed by atoms with E-state index in [1.165, 1.54) is 11.1 Å². The molecule has 4 nitrogen and oxygen atoms in total. The summed E-state index contributed by atoms with van der Waals surface area (Å²) in [6.07, 6.45) is 4.63. The van der Waals surface area contributed by atoms with Crippen LogP contribution in [0.1, 0.15) is 64.0 Å². The van der Waals surface area contributed by atoms with Crippen LogP contribution in [0.15, 0.2) is 24.3 Å². The van der Waals surface area contributed by atoms with E-state index in [1.807, 2.05) is 4.90 Å². The summed E-state index contributed by atoms with van der Waals surface area (Å²) in [6.45, 7) is 7.82. The molecule has 0 spiro atoms. The van der Waals surface area contributed by atoms with E-state index in [0.717, 1.165) is 19.3 Å². The summed E-state index contributed by atoms with van der Waals surface area (Å²) >= 11 is 0. The van der Waals surface area contributed by atoms with Crippen molar-refractivity contribution in [3.05, 3.63) is 35.4 Å². The van der Waals surface area contributed by atoms with E-state index in [-0.39, 0.29) is 17.2 Å². The number of carbonyl (C=O) groups excluding carboxylic acids is 1. The number of likely N-dealkylation sites (tertiary alicyclic amines) is 1. The standard InChI is InChI=1S/C21H31NO3/c1-21(2,3)18-10-8-16(9-11-18)6-4-5-7-19(23)22-14-12-17(13-15-22)20(24)25/h8-11,17H,4-7,12-15H2,1-3H3,(H,24,25). The van der Waals surface area contributed by atoms with Gasteiger partial charge < -0.3 is 10.0 Å². The molecular weight excluding hydrogens is 314 g/mol. The lowest BCUT2D eigenvalue weighted by Crippen LogP contribution is -2.40. The molecule has 0 unspecified atom stereocenters. The highest BCUT2D eigenvalue weighted by molar-refractivity contribution is 5.77. The molecule has 25 heavy (non-hydrogen) atoms. The minimum absolute atomic E-state index is 0.173. The zero-order valence-electron chi connectivity index (χ0n) is 15.8. The number of amides is 1. The molecule has 1 amide bonds. The third kappa shape index (κ3) is 5.87. The van der Waals surface area contributed by atoms with Crippen molar-refractivity contribution in [1.82, 2.24) is 4.90 Å². The summed E-state index contributed by atoms with van der Waals surface area (Å²) in [5.41, 5.74) is 2.85. The van der Waals surface area contributed by atoms with Crippen molar-refractivity contribution in [2.24, 2.45) is 5.92 Å². The topological polar surface area (TPSA) is 57.6 Å². The van der Waals surface area contributed by atoms with E-state index in [1.54, 1.807) is 0 Å². The van der Waals surface area contributed by atoms with Gasteiger partial charge in [-0.3, -0.25) is 9.59 Å². The zero-order chi connectivity index (χ0) is 18.4. The van der Waals surface area contributed by atoms with E-state index in [4.69, 9.17) is 5.11 Å². The maximum absolute atomic E-state index is 12.2. The van der Waals surface area contributed by atoms with Crippen LogP contribution in [-0.2, 0) is 21.4 Å². The van der Waals surface area contributed by atoms with Gasteiger partial charge in [-0.15, -0.1) is 0 Å². The van der Waals surface area contributed by atoms with Crippen LogP contribution in [0, 0.1) is 5.92 Å². The molecule has 0 aliphatic carbocycles. The number of hydrogen-bond donors (Lipinski definition) is 1. The fourth-order valence-electron chi connectivity index (χ4n) is 3.31. The Hall–Kier alpha value is -1.84. The summed E-state index contributed by atoms with van der Waals surface area (Å²) in [5, 5.41) is 9.00. The van der Waals surface area contributed by atoms with E-state index in [9.17, 15) is 9.59 Å². The fourth-order valence-corrected chi connectivity index (χ4v) is 3.31. The highest BCUT2D eigenvalue weighted by Gasteiger charge is 2.26.